The lowest BCUT2D eigenvalue weighted by Gasteiger charge is -2.49. The van der Waals surface area contributed by atoms with Crippen LogP contribution in [0.1, 0.15) is 40.0 Å². The van der Waals surface area contributed by atoms with Crippen LogP contribution in [0.15, 0.2) is 0 Å². The molecule has 0 radical (unpaired) electrons. The van der Waals surface area contributed by atoms with Crippen LogP contribution in [0.25, 0.3) is 0 Å². The van der Waals surface area contributed by atoms with Gasteiger partial charge < -0.3 is 10.2 Å². The van der Waals surface area contributed by atoms with Gasteiger partial charge in [0, 0.05) is 50.7 Å². The molecule has 2 saturated heterocycles. The number of carbonyl (C=O) groups excluding carboxylic acids is 1. The van der Waals surface area contributed by atoms with Gasteiger partial charge in [-0.05, 0) is 26.7 Å². The van der Waals surface area contributed by atoms with Crippen molar-refractivity contribution in [2.75, 3.05) is 32.7 Å². The van der Waals surface area contributed by atoms with E-state index in [0.29, 0.717) is 18.4 Å². The smallest absolute Gasteiger partial charge is 0.222 e. The Morgan fingerprint density at radius 3 is 2.61 bits per heavy atom. The van der Waals surface area contributed by atoms with Gasteiger partial charge in [0.05, 0.1) is 0 Å². The molecule has 2 fully saturated rings. The number of likely N-dealkylation sites (tertiary alicyclic amines) is 1. The first-order valence-corrected chi connectivity index (χ1v) is 7.30. The monoisotopic (exact) mass is 253 g/mol. The predicted molar refractivity (Wildman–Crippen MR) is 73.5 cm³/mol. The topological polar surface area (TPSA) is 35.6 Å². The van der Waals surface area contributed by atoms with E-state index in [1.807, 2.05) is 6.92 Å². The number of nitrogens with one attached hydrogen (secondary N) is 1. The SMILES string of the molecule is CCC(=O)N1CC(N2CCNCC2)CCC1(C)C. The maximum Gasteiger partial charge on any atom is 0.222 e. The Balaban J connectivity index is 2.02. The molecule has 4 heteroatoms. The average molecular weight is 253 g/mol. The number of rotatable bonds is 2. The molecule has 0 aromatic rings. The quantitative estimate of drug-likeness (QED) is 0.799. The van der Waals surface area contributed by atoms with Crippen molar-refractivity contribution in [3.8, 4) is 0 Å². The van der Waals surface area contributed by atoms with Gasteiger partial charge in [-0.3, -0.25) is 9.69 Å². The Morgan fingerprint density at radius 1 is 1.33 bits per heavy atom. The van der Waals surface area contributed by atoms with Gasteiger partial charge in [-0.25, -0.2) is 0 Å². The van der Waals surface area contributed by atoms with E-state index < -0.39 is 0 Å². The summed E-state index contributed by atoms with van der Waals surface area (Å²) in [7, 11) is 0. The molecule has 4 nitrogen and oxygen atoms in total. The zero-order valence-electron chi connectivity index (χ0n) is 12.0. The van der Waals surface area contributed by atoms with Crippen molar-refractivity contribution < 1.29 is 4.79 Å². The van der Waals surface area contributed by atoms with E-state index in [9.17, 15) is 4.79 Å². The van der Waals surface area contributed by atoms with Gasteiger partial charge in [-0.2, -0.15) is 0 Å². The Hall–Kier alpha value is -0.610. The van der Waals surface area contributed by atoms with Gasteiger partial charge in [0.15, 0.2) is 0 Å². The molecule has 0 aromatic heterocycles. The first kappa shape index (κ1) is 13.8. The summed E-state index contributed by atoms with van der Waals surface area (Å²) in [6.45, 7) is 11.7. The molecule has 2 aliphatic rings. The second-order valence-electron chi connectivity index (χ2n) is 6.15. The van der Waals surface area contributed by atoms with E-state index in [-0.39, 0.29) is 5.54 Å². The largest absolute Gasteiger partial charge is 0.336 e. The lowest BCUT2D eigenvalue weighted by molar-refractivity contribution is -0.140. The average Bonchev–Trinajstić information content (AvgIpc) is 2.38. The first-order valence-electron chi connectivity index (χ1n) is 7.30. The summed E-state index contributed by atoms with van der Waals surface area (Å²) in [5, 5.41) is 3.39. The molecule has 0 aliphatic carbocycles. The van der Waals surface area contributed by atoms with E-state index in [4.69, 9.17) is 0 Å². The Kier molecular flexibility index (Phi) is 4.28. The van der Waals surface area contributed by atoms with Crippen molar-refractivity contribution >= 4 is 5.91 Å². The van der Waals surface area contributed by atoms with Crippen LogP contribution in [0.2, 0.25) is 0 Å². The minimum Gasteiger partial charge on any atom is -0.336 e. The second-order valence-corrected chi connectivity index (χ2v) is 6.15. The number of hydrogen-bond donors (Lipinski definition) is 1. The molecule has 2 heterocycles. The van der Waals surface area contributed by atoms with E-state index in [0.717, 1.165) is 39.1 Å². The molecule has 2 aliphatic heterocycles. The van der Waals surface area contributed by atoms with Crippen molar-refractivity contribution in [2.24, 2.45) is 0 Å². The van der Waals surface area contributed by atoms with Crippen LogP contribution in [-0.4, -0.2) is 60.0 Å². The number of piperazine rings is 1. The third-order valence-electron chi connectivity index (χ3n) is 4.48. The summed E-state index contributed by atoms with van der Waals surface area (Å²) in [4.78, 5) is 16.8. The number of piperidine rings is 1. The number of carbonyl (C=O) groups is 1. The third-order valence-corrected chi connectivity index (χ3v) is 4.48. The summed E-state index contributed by atoms with van der Waals surface area (Å²) < 4.78 is 0. The first-order chi connectivity index (χ1) is 8.54. The van der Waals surface area contributed by atoms with E-state index >= 15 is 0 Å². The molecule has 1 N–H and O–H groups in total. The summed E-state index contributed by atoms with van der Waals surface area (Å²) in [6.07, 6.45) is 2.96. The molecule has 1 atom stereocenters. The lowest BCUT2D eigenvalue weighted by Crippen LogP contribution is -2.60. The zero-order chi connectivity index (χ0) is 13.2. The molecule has 1 amide bonds. The normalized spacial score (nSPS) is 29.3. The number of nitrogens with zero attached hydrogens (tertiary/aromatic N) is 2. The summed E-state index contributed by atoms with van der Waals surface area (Å²) >= 11 is 0. The van der Waals surface area contributed by atoms with Crippen LogP contribution in [0.5, 0.6) is 0 Å². The van der Waals surface area contributed by atoms with Gasteiger partial charge in [0.1, 0.15) is 0 Å². The third kappa shape index (κ3) is 2.86. The van der Waals surface area contributed by atoms with E-state index in [2.05, 4.69) is 29.0 Å². The van der Waals surface area contributed by atoms with Crippen LogP contribution in [0, 0.1) is 0 Å². The highest BCUT2D eigenvalue weighted by atomic mass is 16.2. The van der Waals surface area contributed by atoms with Crippen LogP contribution in [0.3, 0.4) is 0 Å². The van der Waals surface area contributed by atoms with Gasteiger partial charge in [-0.15, -0.1) is 0 Å². The molecule has 1 unspecified atom stereocenters. The Morgan fingerprint density at radius 2 is 2.00 bits per heavy atom. The molecule has 104 valence electrons. The van der Waals surface area contributed by atoms with Crippen molar-refractivity contribution in [3.63, 3.8) is 0 Å². The second kappa shape index (κ2) is 5.57. The lowest BCUT2D eigenvalue weighted by atomic mass is 9.87. The van der Waals surface area contributed by atoms with E-state index in [1.54, 1.807) is 0 Å². The summed E-state index contributed by atoms with van der Waals surface area (Å²) in [6, 6.07) is 0.565. The van der Waals surface area contributed by atoms with Crippen LogP contribution in [-0.2, 0) is 4.79 Å². The van der Waals surface area contributed by atoms with Crippen molar-refractivity contribution in [3.05, 3.63) is 0 Å². The molecule has 2 rings (SSSR count). The van der Waals surface area contributed by atoms with Gasteiger partial charge in [0.2, 0.25) is 5.91 Å². The highest BCUT2D eigenvalue weighted by molar-refractivity contribution is 5.76. The van der Waals surface area contributed by atoms with E-state index in [1.165, 1.54) is 6.42 Å². The van der Waals surface area contributed by atoms with Gasteiger partial charge >= 0.3 is 0 Å². The predicted octanol–water partition coefficient (Wildman–Crippen LogP) is 1.07. The Bertz CT molecular complexity index is 297. The maximum absolute atomic E-state index is 12.1. The van der Waals surface area contributed by atoms with Crippen LogP contribution >= 0.6 is 0 Å². The number of hydrogen-bond acceptors (Lipinski definition) is 3. The molecule has 0 saturated carbocycles. The molecular weight excluding hydrogens is 226 g/mol. The minimum atomic E-state index is 0.0393. The summed E-state index contributed by atoms with van der Waals surface area (Å²) in [5.41, 5.74) is 0.0393. The molecule has 0 aromatic carbocycles. The molecule has 0 bridgehead atoms. The van der Waals surface area contributed by atoms with Gasteiger partial charge in [-0.1, -0.05) is 6.92 Å². The fourth-order valence-electron chi connectivity index (χ4n) is 3.18. The van der Waals surface area contributed by atoms with Crippen LogP contribution < -0.4 is 5.32 Å². The minimum absolute atomic E-state index is 0.0393. The fraction of sp³-hybridized carbons (Fsp3) is 0.929. The Labute approximate surface area is 111 Å². The molecular formula is C14H27N3O. The highest BCUT2D eigenvalue weighted by Crippen LogP contribution is 2.30. The van der Waals surface area contributed by atoms with Crippen LogP contribution in [0.4, 0.5) is 0 Å². The molecule has 0 spiro atoms. The molecule has 18 heavy (non-hydrogen) atoms. The summed E-state index contributed by atoms with van der Waals surface area (Å²) in [5.74, 6) is 0.305. The van der Waals surface area contributed by atoms with Crippen molar-refractivity contribution in [2.45, 2.75) is 51.6 Å². The maximum atomic E-state index is 12.1. The van der Waals surface area contributed by atoms with Crippen molar-refractivity contribution in [1.29, 1.82) is 0 Å². The number of amides is 1. The standard InChI is InChI=1S/C14H27N3O/c1-4-13(18)17-11-12(5-6-14(17,2)3)16-9-7-15-8-10-16/h12,15H,4-11H2,1-3H3. The van der Waals surface area contributed by atoms with Gasteiger partial charge in [0.25, 0.3) is 0 Å². The highest BCUT2D eigenvalue weighted by Gasteiger charge is 2.38. The van der Waals surface area contributed by atoms with Crippen molar-refractivity contribution in [1.82, 2.24) is 15.1 Å². The fourth-order valence-corrected chi connectivity index (χ4v) is 3.18. The zero-order valence-corrected chi connectivity index (χ0v) is 12.0.